The van der Waals surface area contributed by atoms with E-state index >= 15 is 0 Å². The molecule has 0 aliphatic heterocycles. The van der Waals surface area contributed by atoms with Gasteiger partial charge in [0.2, 0.25) is 0 Å². The van der Waals surface area contributed by atoms with Crippen molar-refractivity contribution >= 4 is 48.6 Å². The summed E-state index contributed by atoms with van der Waals surface area (Å²) < 4.78 is 21.6. The monoisotopic (exact) mass is 404 g/mol. The largest absolute Gasteiger partial charge is 0.585 e. The summed E-state index contributed by atoms with van der Waals surface area (Å²) in [5.41, 5.74) is 0. The molecular weight excluding hydrogens is 376 g/mol. The van der Waals surface area contributed by atoms with E-state index in [4.69, 9.17) is 13.3 Å². The van der Waals surface area contributed by atoms with Crippen LogP contribution in [0.5, 0.6) is 0 Å². The number of rotatable bonds is 14. The fourth-order valence-electron chi connectivity index (χ4n) is 0.988. The topological polar surface area (TPSA) is 36.9 Å². The molecule has 0 aromatic heterocycles. The van der Waals surface area contributed by atoms with Gasteiger partial charge in [-0.2, -0.15) is 0 Å². The van der Waals surface area contributed by atoms with Crippen LogP contribution in [0.2, 0.25) is 0 Å². The first kappa shape index (κ1) is 25.0. The van der Waals surface area contributed by atoms with Crippen LogP contribution in [0.4, 0.5) is 0 Å². The van der Waals surface area contributed by atoms with Gasteiger partial charge in [-0.1, -0.05) is 30.9 Å². The third kappa shape index (κ3) is 15.7. The van der Waals surface area contributed by atoms with Gasteiger partial charge in [0.15, 0.2) is 0 Å². The summed E-state index contributed by atoms with van der Waals surface area (Å²) in [6.07, 6.45) is 3.83. The molecule has 0 atom stereocenters. The fraction of sp³-hybridized carbons (Fsp3) is 0.692. The van der Waals surface area contributed by atoms with Gasteiger partial charge < -0.3 is 18.0 Å². The predicted octanol–water partition coefficient (Wildman–Crippen LogP) is 5.91. The first-order valence-electron chi connectivity index (χ1n) is 7.09. The lowest BCUT2D eigenvalue weighted by molar-refractivity contribution is 0.0971. The molecule has 0 fully saturated rings. The van der Waals surface area contributed by atoms with E-state index in [9.17, 15) is 0 Å². The number of ether oxygens (including phenoxy) is 1. The second-order valence-corrected chi connectivity index (χ2v) is 13.7. The predicted molar refractivity (Wildman–Crippen MR) is 108 cm³/mol. The van der Waals surface area contributed by atoms with E-state index in [-0.39, 0.29) is 0 Å². The van der Waals surface area contributed by atoms with Crippen LogP contribution in [0.1, 0.15) is 34.1 Å². The van der Waals surface area contributed by atoms with E-state index in [0.29, 0.717) is 19.8 Å². The first-order chi connectivity index (χ1) is 10.7. The normalized spacial score (nSPS) is 10.5. The van der Waals surface area contributed by atoms with Crippen molar-refractivity contribution in [1.29, 1.82) is 0 Å². The van der Waals surface area contributed by atoms with E-state index in [1.807, 2.05) is 31.6 Å². The minimum absolute atomic E-state index is 0.631. The molecule has 0 N–H and O–H groups in total. The van der Waals surface area contributed by atoms with Gasteiger partial charge in [-0.15, -0.1) is 0 Å². The third-order valence-corrected chi connectivity index (χ3v) is 14.6. The van der Waals surface area contributed by atoms with Crippen molar-refractivity contribution in [3.05, 3.63) is 25.7 Å². The van der Waals surface area contributed by atoms with Crippen molar-refractivity contribution in [3.8, 4) is 0 Å². The van der Waals surface area contributed by atoms with E-state index in [1.54, 1.807) is 29.9 Å². The Morgan fingerprint density at radius 1 is 0.864 bits per heavy atom. The SMILES string of the molecule is C=COC=C.CCCSSSS[Si](OCC)(OCC)OCC. The van der Waals surface area contributed by atoms with Crippen LogP contribution in [0, 0.1) is 0 Å². The lowest BCUT2D eigenvalue weighted by Gasteiger charge is -2.25. The minimum Gasteiger partial charge on any atom is -0.474 e. The molecule has 0 aliphatic rings. The zero-order valence-electron chi connectivity index (χ0n) is 13.9. The molecule has 0 aliphatic carbocycles. The molecule has 0 bridgehead atoms. The molecule has 0 unspecified atom stereocenters. The summed E-state index contributed by atoms with van der Waals surface area (Å²) in [5.74, 6) is 1.17. The van der Waals surface area contributed by atoms with Crippen LogP contribution in [-0.2, 0) is 18.0 Å². The van der Waals surface area contributed by atoms with Crippen molar-refractivity contribution in [1.82, 2.24) is 0 Å². The Morgan fingerprint density at radius 3 is 1.68 bits per heavy atom. The van der Waals surface area contributed by atoms with E-state index in [2.05, 4.69) is 24.8 Å². The highest BCUT2D eigenvalue weighted by molar-refractivity contribution is 9.28. The molecule has 0 aromatic rings. The Hall–Kier alpha value is 0.777. The molecular formula is C13H28O4S4Si. The molecule has 0 spiro atoms. The van der Waals surface area contributed by atoms with Crippen LogP contribution in [0.3, 0.4) is 0 Å². The van der Waals surface area contributed by atoms with Gasteiger partial charge in [0, 0.05) is 25.6 Å². The smallest absolute Gasteiger partial charge is 0.474 e. The van der Waals surface area contributed by atoms with Crippen LogP contribution in [0.25, 0.3) is 0 Å². The Morgan fingerprint density at radius 2 is 1.36 bits per heavy atom. The molecule has 0 saturated heterocycles. The van der Waals surface area contributed by atoms with Crippen molar-refractivity contribution in [2.24, 2.45) is 0 Å². The zero-order chi connectivity index (χ0) is 17.1. The first-order valence-corrected chi connectivity index (χ1v) is 14.5. The standard InChI is InChI=1S/C9H22O3S4Si.C4H6O/c1-5-9-13-14-15-16-17(10-6-2,11-7-3)12-8-4;1-3-5-4-2/h5-9H2,1-4H3;3-4H,1-2H2. The molecule has 4 nitrogen and oxygen atoms in total. The molecule has 0 radical (unpaired) electrons. The highest BCUT2D eigenvalue weighted by Crippen LogP contribution is 2.48. The van der Waals surface area contributed by atoms with Crippen molar-refractivity contribution in [3.63, 3.8) is 0 Å². The minimum atomic E-state index is -2.51. The van der Waals surface area contributed by atoms with Gasteiger partial charge in [0.1, 0.15) is 0 Å². The van der Waals surface area contributed by atoms with Gasteiger partial charge in [-0.3, -0.25) is 0 Å². The van der Waals surface area contributed by atoms with Crippen LogP contribution < -0.4 is 0 Å². The summed E-state index contributed by atoms with van der Waals surface area (Å²) in [7, 11) is 4.45. The Balaban J connectivity index is 0. The lowest BCUT2D eigenvalue weighted by atomic mass is 10.6. The zero-order valence-corrected chi connectivity index (χ0v) is 18.1. The molecule has 0 rings (SSSR count). The number of hydrogen-bond acceptors (Lipinski definition) is 8. The molecule has 9 heteroatoms. The van der Waals surface area contributed by atoms with Crippen molar-refractivity contribution in [2.45, 2.75) is 34.1 Å². The van der Waals surface area contributed by atoms with Gasteiger partial charge in [0.25, 0.3) is 0 Å². The average molecular weight is 405 g/mol. The molecule has 132 valence electrons. The van der Waals surface area contributed by atoms with E-state index < -0.39 is 7.95 Å². The van der Waals surface area contributed by atoms with Crippen molar-refractivity contribution < 1.29 is 18.0 Å². The Labute approximate surface area is 151 Å². The molecule has 0 saturated carbocycles. The molecule has 0 amide bonds. The van der Waals surface area contributed by atoms with Gasteiger partial charge in [0.05, 0.1) is 12.5 Å². The van der Waals surface area contributed by atoms with Crippen molar-refractivity contribution in [2.75, 3.05) is 25.6 Å². The summed E-state index contributed by atoms with van der Waals surface area (Å²) in [6, 6.07) is 0. The third-order valence-electron chi connectivity index (χ3n) is 1.66. The summed E-state index contributed by atoms with van der Waals surface area (Å²) in [6.45, 7) is 16.5. The molecule has 22 heavy (non-hydrogen) atoms. The Bertz CT molecular complexity index is 237. The van der Waals surface area contributed by atoms with Gasteiger partial charge in [-0.25, -0.2) is 0 Å². The maximum atomic E-state index is 5.73. The van der Waals surface area contributed by atoms with Gasteiger partial charge in [-0.05, 0) is 57.1 Å². The highest BCUT2D eigenvalue weighted by atomic mass is 33.7. The maximum Gasteiger partial charge on any atom is 0.585 e. The molecule has 0 heterocycles. The quantitative estimate of drug-likeness (QED) is 0.153. The number of hydrogen-bond donors (Lipinski definition) is 0. The lowest BCUT2D eigenvalue weighted by Crippen LogP contribution is -2.42. The van der Waals surface area contributed by atoms with Crippen LogP contribution in [0.15, 0.2) is 25.7 Å². The average Bonchev–Trinajstić information content (AvgIpc) is 2.49. The second kappa shape index (κ2) is 19.8. The van der Waals surface area contributed by atoms with Crippen LogP contribution in [-0.4, -0.2) is 33.5 Å². The summed E-state index contributed by atoms with van der Waals surface area (Å²) in [5, 5.41) is 0. The second-order valence-electron chi connectivity index (χ2n) is 3.31. The fourth-order valence-corrected chi connectivity index (χ4v) is 15.1. The molecule has 0 aromatic carbocycles. The van der Waals surface area contributed by atoms with Gasteiger partial charge >= 0.3 is 7.95 Å². The maximum absolute atomic E-state index is 5.73. The summed E-state index contributed by atoms with van der Waals surface area (Å²) in [4.78, 5) is 0. The summed E-state index contributed by atoms with van der Waals surface area (Å²) >= 11 is 0. The van der Waals surface area contributed by atoms with Crippen LogP contribution >= 0.6 is 40.7 Å². The Kier molecular flexibility index (Phi) is 22.5. The highest BCUT2D eigenvalue weighted by Gasteiger charge is 2.43. The van der Waals surface area contributed by atoms with E-state index in [1.165, 1.54) is 24.7 Å². The van der Waals surface area contributed by atoms with E-state index in [0.717, 1.165) is 0 Å².